The number of hydrogen-bond donors (Lipinski definition) is 3. The number of carbonyl (C=O) groups excluding carboxylic acids is 1. The Bertz CT molecular complexity index is 863. The van der Waals surface area contributed by atoms with Gasteiger partial charge in [0.25, 0.3) is 5.91 Å². The Morgan fingerprint density at radius 3 is 2.64 bits per heavy atom. The van der Waals surface area contributed by atoms with Crippen molar-refractivity contribution in [3.63, 3.8) is 0 Å². The third-order valence-corrected chi connectivity index (χ3v) is 3.59. The van der Waals surface area contributed by atoms with E-state index < -0.39 is 17.9 Å². The summed E-state index contributed by atoms with van der Waals surface area (Å²) in [4.78, 5) is 27.6. The second-order valence-electron chi connectivity index (χ2n) is 5.73. The minimum absolute atomic E-state index is 0.222. The van der Waals surface area contributed by atoms with E-state index in [2.05, 4.69) is 15.6 Å². The number of para-hydroxylation sites is 1. The zero-order valence-corrected chi connectivity index (χ0v) is 13.9. The molecule has 0 bridgehead atoms. The standard InChI is InChI=1S/C18H18N4O3/c1-11(2)15(18(24)25)22-17(23)13(9-19)10-21-14-7-3-5-12-6-4-8-20-16(12)14/h3-8,10-11,15,21H,1-2H3,(H,22,23)(H,24,25)/b13-10-. The number of aliphatic carboxylic acids is 1. The van der Waals surface area contributed by atoms with E-state index in [-0.39, 0.29) is 11.5 Å². The largest absolute Gasteiger partial charge is 0.480 e. The van der Waals surface area contributed by atoms with Crippen molar-refractivity contribution in [2.24, 2.45) is 5.92 Å². The van der Waals surface area contributed by atoms with Crippen LogP contribution in [0.2, 0.25) is 0 Å². The number of carboxylic acid groups (broad SMARTS) is 1. The lowest BCUT2D eigenvalue weighted by molar-refractivity contribution is -0.142. The van der Waals surface area contributed by atoms with Gasteiger partial charge in [-0.25, -0.2) is 4.79 Å². The number of nitrogens with one attached hydrogen (secondary N) is 2. The van der Waals surface area contributed by atoms with Gasteiger partial charge in [-0.15, -0.1) is 0 Å². The molecule has 25 heavy (non-hydrogen) atoms. The molecule has 1 amide bonds. The van der Waals surface area contributed by atoms with E-state index in [1.165, 1.54) is 6.20 Å². The molecular weight excluding hydrogens is 320 g/mol. The maximum absolute atomic E-state index is 12.2. The molecule has 0 aliphatic rings. The van der Waals surface area contributed by atoms with Gasteiger partial charge in [0.15, 0.2) is 0 Å². The summed E-state index contributed by atoms with van der Waals surface area (Å²) < 4.78 is 0. The van der Waals surface area contributed by atoms with E-state index in [9.17, 15) is 14.9 Å². The molecule has 0 spiro atoms. The predicted molar refractivity (Wildman–Crippen MR) is 93.5 cm³/mol. The number of fused-ring (bicyclic) bond motifs is 1. The number of carboxylic acids is 1. The van der Waals surface area contributed by atoms with E-state index >= 15 is 0 Å². The molecule has 1 aromatic carbocycles. The number of rotatable bonds is 6. The molecule has 0 fully saturated rings. The van der Waals surface area contributed by atoms with Crippen LogP contribution >= 0.6 is 0 Å². The van der Waals surface area contributed by atoms with E-state index in [4.69, 9.17) is 5.11 Å². The van der Waals surface area contributed by atoms with Crippen LogP contribution in [0.5, 0.6) is 0 Å². The average Bonchev–Trinajstić information content (AvgIpc) is 2.59. The summed E-state index contributed by atoms with van der Waals surface area (Å²) >= 11 is 0. The van der Waals surface area contributed by atoms with Crippen LogP contribution in [0, 0.1) is 17.2 Å². The van der Waals surface area contributed by atoms with Gasteiger partial charge in [0.1, 0.15) is 17.7 Å². The van der Waals surface area contributed by atoms with Gasteiger partial charge in [-0.2, -0.15) is 5.26 Å². The first kappa shape index (κ1) is 17.9. The molecule has 0 aliphatic carbocycles. The molecule has 2 aromatic rings. The molecule has 7 heteroatoms. The Hall–Kier alpha value is -3.40. The summed E-state index contributed by atoms with van der Waals surface area (Å²) in [5.41, 5.74) is 1.11. The number of anilines is 1. The molecular formula is C18H18N4O3. The molecule has 1 heterocycles. The molecule has 1 atom stereocenters. The van der Waals surface area contributed by atoms with E-state index in [1.807, 2.05) is 24.3 Å². The fraction of sp³-hybridized carbons (Fsp3) is 0.222. The van der Waals surface area contributed by atoms with Crippen molar-refractivity contribution < 1.29 is 14.7 Å². The average molecular weight is 338 g/mol. The quantitative estimate of drug-likeness (QED) is 0.550. The molecule has 0 aliphatic heterocycles. The second kappa shape index (κ2) is 7.93. The van der Waals surface area contributed by atoms with Crippen molar-refractivity contribution in [3.05, 3.63) is 48.3 Å². The number of benzene rings is 1. The lowest BCUT2D eigenvalue weighted by Gasteiger charge is -2.17. The lowest BCUT2D eigenvalue weighted by Crippen LogP contribution is -2.44. The summed E-state index contributed by atoms with van der Waals surface area (Å²) in [5.74, 6) is -2.20. The first-order valence-corrected chi connectivity index (χ1v) is 7.68. The lowest BCUT2D eigenvalue weighted by atomic mass is 10.0. The highest BCUT2D eigenvalue weighted by atomic mass is 16.4. The molecule has 128 valence electrons. The number of nitriles is 1. The van der Waals surface area contributed by atoms with Crippen molar-refractivity contribution in [2.45, 2.75) is 19.9 Å². The first-order chi connectivity index (χ1) is 11.9. The number of amides is 1. The molecule has 0 saturated heterocycles. The first-order valence-electron chi connectivity index (χ1n) is 7.68. The smallest absolute Gasteiger partial charge is 0.326 e. The molecule has 7 nitrogen and oxygen atoms in total. The molecule has 3 N–H and O–H groups in total. The summed E-state index contributed by atoms with van der Waals surface area (Å²) in [6.07, 6.45) is 2.90. The van der Waals surface area contributed by atoms with Gasteiger partial charge in [0.2, 0.25) is 0 Å². The fourth-order valence-electron chi connectivity index (χ4n) is 2.25. The molecule has 1 aromatic heterocycles. The predicted octanol–water partition coefficient (Wildman–Crippen LogP) is 2.28. The monoisotopic (exact) mass is 338 g/mol. The maximum atomic E-state index is 12.2. The third kappa shape index (κ3) is 4.32. The zero-order chi connectivity index (χ0) is 18.4. The van der Waals surface area contributed by atoms with E-state index in [0.29, 0.717) is 11.2 Å². The molecule has 2 rings (SSSR count). The molecule has 1 unspecified atom stereocenters. The minimum Gasteiger partial charge on any atom is -0.480 e. The Morgan fingerprint density at radius 1 is 1.28 bits per heavy atom. The zero-order valence-electron chi connectivity index (χ0n) is 13.9. The number of carbonyl (C=O) groups is 2. The maximum Gasteiger partial charge on any atom is 0.326 e. The number of pyridine rings is 1. The van der Waals surface area contributed by atoms with Gasteiger partial charge in [-0.1, -0.05) is 32.0 Å². The second-order valence-corrected chi connectivity index (χ2v) is 5.73. The summed E-state index contributed by atoms with van der Waals surface area (Å²) in [5, 5.41) is 24.5. The van der Waals surface area contributed by atoms with Gasteiger partial charge >= 0.3 is 5.97 Å². The molecule has 0 saturated carbocycles. The van der Waals surface area contributed by atoms with Crippen LogP contribution in [0.4, 0.5) is 5.69 Å². The summed E-state index contributed by atoms with van der Waals surface area (Å²) in [7, 11) is 0. The highest BCUT2D eigenvalue weighted by molar-refractivity contribution is 6.00. The van der Waals surface area contributed by atoms with Gasteiger partial charge in [0.05, 0.1) is 11.2 Å². The van der Waals surface area contributed by atoms with Gasteiger partial charge in [-0.3, -0.25) is 9.78 Å². The Morgan fingerprint density at radius 2 is 2.00 bits per heavy atom. The van der Waals surface area contributed by atoms with Crippen molar-refractivity contribution >= 4 is 28.5 Å². The Labute approximate surface area is 145 Å². The number of hydrogen-bond acceptors (Lipinski definition) is 5. The molecule has 0 radical (unpaired) electrons. The van der Waals surface area contributed by atoms with Crippen LogP contribution in [0.15, 0.2) is 48.3 Å². The van der Waals surface area contributed by atoms with Crippen molar-refractivity contribution in [3.8, 4) is 6.07 Å². The van der Waals surface area contributed by atoms with Crippen LogP contribution in [0.3, 0.4) is 0 Å². The van der Waals surface area contributed by atoms with Crippen molar-refractivity contribution in [1.29, 1.82) is 5.26 Å². The highest BCUT2D eigenvalue weighted by Gasteiger charge is 2.24. The minimum atomic E-state index is -1.15. The number of nitrogens with zero attached hydrogens (tertiary/aromatic N) is 2. The van der Waals surface area contributed by atoms with Crippen molar-refractivity contribution in [1.82, 2.24) is 10.3 Å². The number of aromatic nitrogens is 1. The van der Waals surface area contributed by atoms with Crippen LogP contribution in [-0.2, 0) is 9.59 Å². The van der Waals surface area contributed by atoms with Crippen LogP contribution in [-0.4, -0.2) is 28.0 Å². The van der Waals surface area contributed by atoms with Crippen molar-refractivity contribution in [2.75, 3.05) is 5.32 Å². The SMILES string of the molecule is CC(C)C(NC(=O)/C(C#N)=C\Nc1cccc2cccnc12)C(=O)O. The fourth-order valence-corrected chi connectivity index (χ4v) is 2.25. The third-order valence-electron chi connectivity index (χ3n) is 3.59. The topological polar surface area (TPSA) is 115 Å². The van der Waals surface area contributed by atoms with Crippen LogP contribution < -0.4 is 10.6 Å². The summed E-state index contributed by atoms with van der Waals surface area (Å²) in [6, 6.07) is 9.92. The normalized spacial score (nSPS) is 12.5. The van der Waals surface area contributed by atoms with E-state index in [1.54, 1.807) is 32.2 Å². The Balaban J connectivity index is 2.21. The van der Waals surface area contributed by atoms with Crippen LogP contribution in [0.25, 0.3) is 10.9 Å². The van der Waals surface area contributed by atoms with Gasteiger partial charge in [-0.05, 0) is 18.1 Å². The van der Waals surface area contributed by atoms with Gasteiger partial charge in [0, 0.05) is 17.8 Å². The van der Waals surface area contributed by atoms with Gasteiger partial charge < -0.3 is 15.7 Å². The summed E-state index contributed by atoms with van der Waals surface area (Å²) in [6.45, 7) is 3.35. The van der Waals surface area contributed by atoms with Crippen LogP contribution in [0.1, 0.15) is 13.8 Å². The Kier molecular flexibility index (Phi) is 5.69. The highest BCUT2D eigenvalue weighted by Crippen LogP contribution is 2.20. The van der Waals surface area contributed by atoms with E-state index in [0.717, 1.165) is 5.39 Å².